The highest BCUT2D eigenvalue weighted by Gasteiger charge is 2.30. The third-order valence-electron chi connectivity index (χ3n) is 3.21. The molecule has 0 aliphatic heterocycles. The van der Waals surface area contributed by atoms with Crippen LogP contribution < -0.4 is 11.3 Å². The van der Waals surface area contributed by atoms with Crippen LogP contribution in [0.1, 0.15) is 39.3 Å². The first kappa shape index (κ1) is 8.07. The van der Waals surface area contributed by atoms with E-state index in [4.69, 9.17) is 14.0 Å². The van der Waals surface area contributed by atoms with E-state index in [-0.39, 0.29) is 34.5 Å². The number of anilines is 1. The number of rotatable bonds is 1. The Morgan fingerprint density at radius 2 is 2.29 bits per heavy atom. The fourth-order valence-electron chi connectivity index (χ4n) is 2.25. The molecule has 1 aromatic heterocycles. The van der Waals surface area contributed by atoms with Crippen LogP contribution in [0, 0.1) is 6.90 Å². The molecule has 0 spiro atoms. The number of hydrogen-bond donors (Lipinski definition) is 1. The molecular weight excluding hydrogens is 270 g/mol. The molecule has 1 aliphatic carbocycles. The number of benzene rings is 1. The molecule has 6 nitrogen and oxygen atoms in total. The third-order valence-corrected chi connectivity index (χ3v) is 3.21. The Bertz CT molecular complexity index is 1050. The average molecular weight is 291 g/mol. The molecule has 1 fully saturated rings. The lowest BCUT2D eigenvalue weighted by Gasteiger charge is -2.24. The van der Waals surface area contributed by atoms with Crippen LogP contribution in [0.4, 0.5) is 5.69 Å². The van der Waals surface area contributed by atoms with Crippen molar-refractivity contribution in [2.24, 2.45) is 0 Å². The van der Waals surface area contributed by atoms with Crippen molar-refractivity contribution in [2.45, 2.75) is 32.1 Å². The number of ketones is 2. The van der Waals surface area contributed by atoms with Gasteiger partial charge in [0.05, 0.1) is 26.1 Å². The molecule has 108 valence electrons. The lowest BCUT2D eigenvalue weighted by molar-refractivity contribution is -0.132. The van der Waals surface area contributed by atoms with Crippen molar-refractivity contribution in [1.29, 1.82) is 0 Å². The van der Waals surface area contributed by atoms with Crippen LogP contribution in [-0.2, 0) is 9.59 Å². The number of carbonyl (C=O) groups excluding carboxylic acids is 2. The van der Waals surface area contributed by atoms with Gasteiger partial charge in [-0.05, 0) is 25.4 Å². The van der Waals surface area contributed by atoms with Crippen LogP contribution in [0.15, 0.2) is 22.9 Å². The minimum atomic E-state index is -2.70. The number of nitrogens with zero attached hydrogens (tertiary/aromatic N) is 2. The largest absolute Gasteiger partial charge is 0.398 e. The Labute approximate surface area is 129 Å². The maximum atomic E-state index is 13.1. The van der Waals surface area contributed by atoms with Gasteiger partial charge < -0.3 is 5.73 Å². The van der Waals surface area contributed by atoms with E-state index in [0.717, 1.165) is 6.07 Å². The molecule has 1 aliphatic rings. The summed E-state index contributed by atoms with van der Waals surface area (Å²) in [5.41, 5.74) is 4.36. The van der Waals surface area contributed by atoms with Crippen molar-refractivity contribution in [3.8, 4) is 0 Å². The lowest BCUT2D eigenvalue weighted by atomic mass is 9.92. The summed E-state index contributed by atoms with van der Waals surface area (Å²) in [6, 6.07) is -1.31. The van der Waals surface area contributed by atoms with Gasteiger partial charge in [-0.15, -0.1) is 0 Å². The Hall–Kier alpha value is -2.50. The van der Waals surface area contributed by atoms with Gasteiger partial charge in [0, 0.05) is 17.6 Å². The van der Waals surface area contributed by atoms with Crippen molar-refractivity contribution in [2.75, 3.05) is 5.73 Å². The summed E-state index contributed by atoms with van der Waals surface area (Å²) >= 11 is 0. The van der Waals surface area contributed by atoms with Crippen molar-refractivity contribution >= 4 is 28.2 Å². The van der Waals surface area contributed by atoms with E-state index >= 15 is 0 Å². The topological polar surface area (TPSA) is 95.0 Å². The van der Waals surface area contributed by atoms with Crippen LogP contribution in [-0.4, -0.2) is 21.1 Å². The summed E-state index contributed by atoms with van der Waals surface area (Å²) in [4.78, 5) is 41.3. The van der Waals surface area contributed by atoms with Gasteiger partial charge in [0.2, 0.25) is 0 Å². The van der Waals surface area contributed by atoms with E-state index in [2.05, 4.69) is 4.98 Å². The minimum absolute atomic E-state index is 0.158. The van der Waals surface area contributed by atoms with Crippen LogP contribution in [0.25, 0.3) is 10.9 Å². The molecule has 1 heterocycles. The third kappa shape index (κ3) is 2.12. The standard InChI is InChI=1S/C15H15N3O3/c1-8-17-11-4-2-3-10(16)14(11)15(21)18(8)12-6-5-9(19)7-13(12)20/h2-4,12H,5-7,16H2,1H3/i1D,3D,4D,5D,6D2. The molecule has 2 N–H and O–H groups in total. The van der Waals surface area contributed by atoms with E-state index in [9.17, 15) is 14.4 Å². The average Bonchev–Trinajstić information content (AvgIpc) is 2.58. The summed E-state index contributed by atoms with van der Waals surface area (Å²) in [6.45, 7) is -0.608. The molecule has 0 radical (unpaired) electrons. The summed E-state index contributed by atoms with van der Waals surface area (Å²) < 4.78 is 47.9. The molecule has 3 rings (SSSR count). The summed E-state index contributed by atoms with van der Waals surface area (Å²) in [5.74, 6) is -2.09. The fourth-order valence-corrected chi connectivity index (χ4v) is 2.25. The Morgan fingerprint density at radius 3 is 3.05 bits per heavy atom. The Kier molecular flexibility index (Phi) is 1.84. The fraction of sp³-hybridized carbons (Fsp3) is 0.333. The number of nitrogens with two attached hydrogens (primary N) is 1. The normalized spacial score (nSPS) is 29.1. The van der Waals surface area contributed by atoms with E-state index in [1.807, 2.05) is 0 Å². The van der Waals surface area contributed by atoms with Crippen LogP contribution in [0.2, 0.25) is 0 Å². The van der Waals surface area contributed by atoms with Crippen molar-refractivity contribution in [1.82, 2.24) is 9.55 Å². The summed E-state index contributed by atoms with van der Waals surface area (Å²) in [6.07, 6.45) is -5.29. The van der Waals surface area contributed by atoms with Crippen LogP contribution >= 0.6 is 0 Å². The van der Waals surface area contributed by atoms with E-state index in [1.165, 1.54) is 0 Å². The van der Waals surface area contributed by atoms with Gasteiger partial charge >= 0.3 is 0 Å². The molecule has 1 aromatic carbocycles. The van der Waals surface area contributed by atoms with E-state index < -0.39 is 49.3 Å². The maximum absolute atomic E-state index is 13.1. The van der Waals surface area contributed by atoms with Crippen molar-refractivity contribution < 1.29 is 17.8 Å². The van der Waals surface area contributed by atoms with Gasteiger partial charge in [-0.1, -0.05) is 6.07 Å². The van der Waals surface area contributed by atoms with Gasteiger partial charge in [-0.2, -0.15) is 0 Å². The predicted octanol–water partition coefficient (Wildman–Crippen LogP) is 1.15. The second kappa shape index (κ2) is 4.80. The van der Waals surface area contributed by atoms with Gasteiger partial charge in [0.1, 0.15) is 11.6 Å². The number of aryl methyl sites for hydroxylation is 1. The molecule has 2 unspecified atom stereocenters. The predicted molar refractivity (Wildman–Crippen MR) is 78.1 cm³/mol. The first-order chi connectivity index (χ1) is 12.5. The zero-order valence-corrected chi connectivity index (χ0v) is 10.8. The van der Waals surface area contributed by atoms with E-state index in [1.54, 1.807) is 0 Å². The highest BCUT2D eigenvalue weighted by Crippen LogP contribution is 2.24. The number of hydrogen-bond acceptors (Lipinski definition) is 5. The lowest BCUT2D eigenvalue weighted by Crippen LogP contribution is -2.36. The highest BCUT2D eigenvalue weighted by atomic mass is 16.2. The smallest absolute Gasteiger partial charge is 0.264 e. The van der Waals surface area contributed by atoms with Crippen LogP contribution in [0.3, 0.4) is 0 Å². The molecule has 2 atom stereocenters. The number of carbonyl (C=O) groups is 2. The number of nitrogen functional groups attached to an aromatic ring is 1. The minimum Gasteiger partial charge on any atom is -0.398 e. The van der Waals surface area contributed by atoms with Gasteiger partial charge in [0.15, 0.2) is 5.78 Å². The second-order valence-corrected chi connectivity index (χ2v) is 4.60. The summed E-state index contributed by atoms with van der Waals surface area (Å²) in [7, 11) is 0. The first-order valence-electron chi connectivity index (χ1n) is 9.38. The SMILES string of the molecule is [2H]Cc1nc2c([2H])cc([2H])c(N)c2c(=O)n1C1C(=O)CC(=O)C([2H])C1([2H])[2H]. The molecule has 1 saturated carbocycles. The van der Waals surface area contributed by atoms with Crippen molar-refractivity contribution in [3.05, 3.63) is 34.3 Å². The number of fused-ring (bicyclic) bond motifs is 1. The van der Waals surface area contributed by atoms with Crippen molar-refractivity contribution in [3.63, 3.8) is 0 Å². The first-order valence-corrected chi connectivity index (χ1v) is 6.10. The molecular formula is C15H15N3O3. The van der Waals surface area contributed by atoms with Gasteiger partial charge in [-0.3, -0.25) is 19.0 Å². The van der Waals surface area contributed by atoms with Gasteiger partial charge in [0.25, 0.3) is 5.56 Å². The molecule has 0 saturated heterocycles. The molecule has 0 amide bonds. The molecule has 21 heavy (non-hydrogen) atoms. The second-order valence-electron chi connectivity index (χ2n) is 4.60. The Morgan fingerprint density at radius 1 is 1.48 bits per heavy atom. The molecule has 6 heteroatoms. The van der Waals surface area contributed by atoms with E-state index in [0.29, 0.717) is 4.57 Å². The molecule has 2 aromatic rings. The maximum Gasteiger partial charge on any atom is 0.264 e. The monoisotopic (exact) mass is 291 g/mol. The highest BCUT2D eigenvalue weighted by molar-refractivity contribution is 6.03. The zero-order valence-electron chi connectivity index (χ0n) is 16.8. The quantitative estimate of drug-likeness (QED) is 0.628. The Balaban J connectivity index is 2.43. The van der Waals surface area contributed by atoms with Gasteiger partial charge in [-0.25, -0.2) is 4.98 Å². The number of Topliss-reactive ketones (excluding diaryl/α,β-unsaturated/α-hetero) is 2. The zero-order chi connectivity index (χ0) is 20.3. The van der Waals surface area contributed by atoms with Crippen LogP contribution in [0.5, 0.6) is 0 Å². The number of aromatic nitrogens is 2. The summed E-state index contributed by atoms with van der Waals surface area (Å²) in [5, 5.41) is -0.327. The molecule has 0 bridgehead atoms.